The summed E-state index contributed by atoms with van der Waals surface area (Å²) in [5.41, 5.74) is 1.13. The molecule has 204 valence electrons. The van der Waals surface area contributed by atoms with Crippen molar-refractivity contribution < 1.29 is 46.1 Å². The summed E-state index contributed by atoms with van der Waals surface area (Å²) in [6, 6.07) is 5.73. The molecule has 1 saturated carbocycles. The highest BCUT2D eigenvalue weighted by atomic mass is 19.3. The number of fused-ring (bicyclic) bond motifs is 1. The Hall–Kier alpha value is -3.83. The topological polar surface area (TPSA) is 88.4 Å². The van der Waals surface area contributed by atoms with E-state index in [0.717, 1.165) is 20.0 Å². The van der Waals surface area contributed by atoms with Crippen LogP contribution in [0.3, 0.4) is 0 Å². The smallest absolute Gasteiger partial charge is 0.387 e. The molecule has 0 spiro atoms. The van der Waals surface area contributed by atoms with E-state index in [9.17, 15) is 27.2 Å². The number of methoxy groups -OCH3 is 2. The van der Waals surface area contributed by atoms with E-state index in [2.05, 4.69) is 9.72 Å². The Morgan fingerprint density at radius 1 is 1.16 bits per heavy atom. The van der Waals surface area contributed by atoms with Crippen molar-refractivity contribution in [3.05, 3.63) is 42.2 Å². The van der Waals surface area contributed by atoms with E-state index in [4.69, 9.17) is 14.2 Å². The third kappa shape index (κ3) is 6.53. The highest BCUT2D eigenvalue weighted by Crippen LogP contribution is 2.40. The summed E-state index contributed by atoms with van der Waals surface area (Å²) in [5.74, 6) is -4.19. The van der Waals surface area contributed by atoms with E-state index in [1.807, 2.05) is 0 Å². The molecule has 0 aliphatic heterocycles. The molecule has 12 heteroatoms. The summed E-state index contributed by atoms with van der Waals surface area (Å²) in [5, 5.41) is 0. The molecule has 0 bridgehead atoms. The second kappa shape index (κ2) is 11.3. The number of aromatic nitrogens is 2. The molecule has 2 aromatic heterocycles. The van der Waals surface area contributed by atoms with Gasteiger partial charge in [0.05, 0.1) is 32.5 Å². The number of carbonyl (C=O) groups is 2. The van der Waals surface area contributed by atoms with Crippen molar-refractivity contribution in [3.8, 4) is 28.5 Å². The maximum Gasteiger partial charge on any atom is 0.387 e. The van der Waals surface area contributed by atoms with Gasteiger partial charge < -0.3 is 18.9 Å². The lowest BCUT2D eigenvalue weighted by Crippen LogP contribution is -2.26. The van der Waals surface area contributed by atoms with Gasteiger partial charge in [-0.2, -0.15) is 8.78 Å². The van der Waals surface area contributed by atoms with Gasteiger partial charge in [-0.05, 0) is 37.0 Å². The van der Waals surface area contributed by atoms with Crippen LogP contribution < -0.4 is 14.2 Å². The first-order valence-electron chi connectivity index (χ1n) is 11.8. The number of hydrogen-bond donors (Lipinski definition) is 0. The zero-order chi connectivity index (χ0) is 27.4. The number of hydrogen-bond acceptors (Lipinski definition) is 7. The number of benzene rings is 1. The fourth-order valence-corrected chi connectivity index (χ4v) is 3.96. The minimum atomic E-state index is -3.25. The van der Waals surface area contributed by atoms with Gasteiger partial charge in [-0.3, -0.25) is 14.0 Å². The molecule has 0 saturated heterocycles. The van der Waals surface area contributed by atoms with Gasteiger partial charge in [0.2, 0.25) is 0 Å². The Morgan fingerprint density at radius 2 is 1.89 bits per heavy atom. The van der Waals surface area contributed by atoms with Gasteiger partial charge in [-0.15, -0.1) is 0 Å². The third-order valence-corrected chi connectivity index (χ3v) is 6.10. The van der Waals surface area contributed by atoms with E-state index in [1.54, 1.807) is 4.40 Å². The van der Waals surface area contributed by atoms with Crippen LogP contribution in [0.5, 0.6) is 17.2 Å². The Bertz CT molecular complexity index is 1320. The van der Waals surface area contributed by atoms with Gasteiger partial charge in [0.25, 0.3) is 5.92 Å². The summed E-state index contributed by atoms with van der Waals surface area (Å²) < 4.78 is 75.8. The van der Waals surface area contributed by atoms with Crippen molar-refractivity contribution in [2.75, 3.05) is 20.8 Å². The summed E-state index contributed by atoms with van der Waals surface area (Å²) >= 11 is 0. The number of pyridine rings is 1. The van der Waals surface area contributed by atoms with Crippen LogP contribution in [-0.2, 0) is 9.53 Å². The molecule has 2 heterocycles. The number of rotatable bonds is 13. The number of ether oxygens (including phenoxy) is 4. The van der Waals surface area contributed by atoms with Crippen LogP contribution in [0, 0.1) is 5.92 Å². The standard InChI is InChI=1S/C26H26F4N2O6/c1-35-20-10-16(11-21(38-25(27)28)24(20)19(33)9-15-3-4-15)18-13-31-22-12-17(6-8-32(18)22)37-14-26(29,30)7-5-23(34)36-2/h6,8,10-13,15,25H,3-5,7,9,14H2,1-2H3. The average molecular weight is 538 g/mol. The first-order valence-corrected chi connectivity index (χ1v) is 11.8. The molecule has 0 N–H and O–H groups in total. The largest absolute Gasteiger partial charge is 0.496 e. The number of ketones is 1. The number of nitrogens with zero attached hydrogens (tertiary/aromatic N) is 2. The second-order valence-corrected chi connectivity index (χ2v) is 8.96. The summed E-state index contributed by atoms with van der Waals surface area (Å²) in [6.07, 6.45) is 3.85. The van der Waals surface area contributed by atoms with E-state index in [1.165, 1.54) is 43.8 Å². The van der Waals surface area contributed by atoms with E-state index in [-0.39, 0.29) is 40.9 Å². The molecule has 0 atom stereocenters. The summed E-state index contributed by atoms with van der Waals surface area (Å²) in [4.78, 5) is 28.2. The number of imidazole rings is 1. The first-order chi connectivity index (χ1) is 18.1. The Morgan fingerprint density at radius 3 is 2.55 bits per heavy atom. The quantitative estimate of drug-likeness (QED) is 0.160. The highest BCUT2D eigenvalue weighted by molar-refractivity contribution is 6.02. The molecule has 8 nitrogen and oxygen atoms in total. The number of halogens is 4. The zero-order valence-corrected chi connectivity index (χ0v) is 20.7. The Kier molecular flexibility index (Phi) is 8.08. The normalized spacial score (nSPS) is 13.6. The van der Waals surface area contributed by atoms with Gasteiger partial charge in [-0.25, -0.2) is 13.8 Å². The molecule has 0 unspecified atom stereocenters. The van der Waals surface area contributed by atoms with E-state index < -0.39 is 38.0 Å². The van der Waals surface area contributed by atoms with Gasteiger partial charge >= 0.3 is 12.6 Å². The van der Waals surface area contributed by atoms with Gasteiger partial charge in [0.1, 0.15) is 28.5 Å². The van der Waals surface area contributed by atoms with Crippen molar-refractivity contribution >= 4 is 17.4 Å². The predicted octanol–water partition coefficient (Wildman–Crippen LogP) is 5.56. The van der Waals surface area contributed by atoms with Crippen molar-refractivity contribution in [3.63, 3.8) is 0 Å². The number of alkyl halides is 4. The number of esters is 1. The first kappa shape index (κ1) is 27.2. The molecule has 4 rings (SSSR count). The average Bonchev–Trinajstić information content (AvgIpc) is 3.60. The summed E-state index contributed by atoms with van der Waals surface area (Å²) in [7, 11) is 2.45. The lowest BCUT2D eigenvalue weighted by molar-refractivity contribution is -0.143. The monoisotopic (exact) mass is 538 g/mol. The molecule has 38 heavy (non-hydrogen) atoms. The fraction of sp³-hybridized carbons (Fsp3) is 0.423. The molecular formula is C26H26F4N2O6. The van der Waals surface area contributed by atoms with Gasteiger partial charge in [0.15, 0.2) is 12.4 Å². The maximum atomic E-state index is 14.1. The fourth-order valence-electron chi connectivity index (χ4n) is 3.96. The SMILES string of the molecule is COC(=O)CCC(F)(F)COc1ccn2c(-c3cc(OC)c(C(=O)CC4CC4)c(OC(F)F)c3)cnc2c1. The molecule has 1 aliphatic carbocycles. The van der Waals surface area contributed by atoms with E-state index in [0.29, 0.717) is 16.9 Å². The van der Waals surface area contributed by atoms with Crippen LogP contribution in [-0.4, -0.2) is 54.5 Å². The lowest BCUT2D eigenvalue weighted by Gasteiger charge is -2.17. The predicted molar refractivity (Wildman–Crippen MR) is 127 cm³/mol. The third-order valence-electron chi connectivity index (χ3n) is 6.10. The maximum absolute atomic E-state index is 14.1. The van der Waals surface area contributed by atoms with Crippen LogP contribution in [0.2, 0.25) is 0 Å². The number of carbonyl (C=O) groups excluding carboxylic acids is 2. The van der Waals surface area contributed by atoms with Crippen LogP contribution in [0.4, 0.5) is 17.6 Å². The van der Waals surface area contributed by atoms with Crippen molar-refractivity contribution in [2.45, 2.75) is 44.6 Å². The van der Waals surface area contributed by atoms with Crippen LogP contribution >= 0.6 is 0 Å². The molecule has 1 fully saturated rings. The lowest BCUT2D eigenvalue weighted by atomic mass is 10.00. The molecule has 0 radical (unpaired) electrons. The zero-order valence-electron chi connectivity index (χ0n) is 20.7. The Labute approximate surface area is 215 Å². The van der Waals surface area contributed by atoms with Crippen LogP contribution in [0.1, 0.15) is 42.5 Å². The number of Topliss-reactive ketones (excluding diaryl/α,β-unsaturated/α-hetero) is 1. The minimum Gasteiger partial charge on any atom is -0.496 e. The molecule has 3 aromatic rings. The van der Waals surface area contributed by atoms with Crippen molar-refractivity contribution in [1.82, 2.24) is 9.38 Å². The van der Waals surface area contributed by atoms with Crippen molar-refractivity contribution in [2.24, 2.45) is 5.92 Å². The van der Waals surface area contributed by atoms with Crippen LogP contribution in [0.15, 0.2) is 36.7 Å². The van der Waals surface area contributed by atoms with Gasteiger partial charge in [0, 0.05) is 30.7 Å². The highest BCUT2D eigenvalue weighted by Gasteiger charge is 2.32. The Balaban J connectivity index is 1.59. The summed E-state index contributed by atoms with van der Waals surface area (Å²) in [6.45, 7) is -4.11. The van der Waals surface area contributed by atoms with E-state index >= 15 is 0 Å². The molecular weight excluding hydrogens is 512 g/mol. The second-order valence-electron chi connectivity index (χ2n) is 8.96. The van der Waals surface area contributed by atoms with Crippen LogP contribution in [0.25, 0.3) is 16.9 Å². The molecule has 1 aromatic carbocycles. The molecule has 1 aliphatic rings. The minimum absolute atomic E-state index is 0.0407. The molecule has 0 amide bonds. The van der Waals surface area contributed by atoms with Crippen molar-refractivity contribution in [1.29, 1.82) is 0 Å². The van der Waals surface area contributed by atoms with Gasteiger partial charge in [-0.1, -0.05) is 0 Å².